The van der Waals surface area contributed by atoms with E-state index in [0.29, 0.717) is 11.6 Å². The van der Waals surface area contributed by atoms with Crippen molar-refractivity contribution in [3.8, 4) is 0 Å². The molecule has 3 heterocycles. The summed E-state index contributed by atoms with van der Waals surface area (Å²) in [6, 6.07) is 7.94. The number of aromatic nitrogens is 2. The minimum Gasteiger partial charge on any atom is -0.357 e. The van der Waals surface area contributed by atoms with Gasteiger partial charge in [-0.15, -0.1) is 0 Å². The van der Waals surface area contributed by atoms with Crippen LogP contribution in [0, 0.1) is 5.92 Å². The number of piperidine rings is 1. The maximum absolute atomic E-state index is 12.0. The number of carbonyl (C=O) groups excluding carboxylic acids is 1. The van der Waals surface area contributed by atoms with Crippen molar-refractivity contribution in [2.24, 2.45) is 5.92 Å². The minimum atomic E-state index is -0.0195. The molecule has 1 fully saturated rings. The van der Waals surface area contributed by atoms with Gasteiger partial charge in [-0.25, -0.2) is 0 Å². The van der Waals surface area contributed by atoms with Crippen LogP contribution in [0.4, 0.5) is 0 Å². The molecule has 128 valence electrons. The van der Waals surface area contributed by atoms with Gasteiger partial charge in [-0.05, 0) is 55.5 Å². The number of aromatic amines is 1. The third-order valence-electron chi connectivity index (χ3n) is 4.68. The molecule has 2 aromatic heterocycles. The maximum atomic E-state index is 12.0. The van der Waals surface area contributed by atoms with Gasteiger partial charge in [0.05, 0.1) is 5.69 Å². The molecule has 0 aromatic carbocycles. The highest BCUT2D eigenvalue weighted by atomic mass is 16.1. The van der Waals surface area contributed by atoms with Crippen molar-refractivity contribution in [1.29, 1.82) is 0 Å². The molecule has 3 rings (SSSR count). The number of pyridine rings is 1. The lowest BCUT2D eigenvalue weighted by molar-refractivity contribution is 0.0926. The van der Waals surface area contributed by atoms with E-state index >= 15 is 0 Å². The van der Waals surface area contributed by atoms with Crippen molar-refractivity contribution in [1.82, 2.24) is 20.2 Å². The molecule has 0 radical (unpaired) electrons. The molecule has 5 heteroatoms. The van der Waals surface area contributed by atoms with Crippen molar-refractivity contribution < 1.29 is 4.79 Å². The van der Waals surface area contributed by atoms with E-state index in [4.69, 9.17) is 0 Å². The van der Waals surface area contributed by atoms with Crippen LogP contribution in [0.5, 0.6) is 0 Å². The van der Waals surface area contributed by atoms with E-state index in [-0.39, 0.29) is 5.91 Å². The molecular formula is C19H26N4O. The van der Waals surface area contributed by atoms with Crippen LogP contribution in [0.2, 0.25) is 0 Å². The Balaban J connectivity index is 1.47. The number of amides is 1. The normalized spacial score (nSPS) is 18.5. The molecule has 24 heavy (non-hydrogen) atoms. The van der Waals surface area contributed by atoms with Crippen molar-refractivity contribution >= 4 is 5.91 Å². The molecule has 0 aliphatic carbocycles. The van der Waals surface area contributed by atoms with E-state index < -0.39 is 0 Å². The zero-order valence-electron chi connectivity index (χ0n) is 14.3. The molecule has 1 amide bonds. The molecule has 1 aliphatic heterocycles. The Labute approximate surface area is 143 Å². The van der Waals surface area contributed by atoms with Gasteiger partial charge >= 0.3 is 0 Å². The smallest absolute Gasteiger partial charge is 0.267 e. The topological polar surface area (TPSA) is 61.0 Å². The highest BCUT2D eigenvalue weighted by molar-refractivity contribution is 5.92. The number of aryl methyl sites for hydroxylation is 1. The molecule has 1 atom stereocenters. The first-order valence-electron chi connectivity index (χ1n) is 8.82. The maximum Gasteiger partial charge on any atom is 0.267 e. The Kier molecular flexibility index (Phi) is 5.64. The summed E-state index contributed by atoms with van der Waals surface area (Å²) in [5.74, 6) is 0.488. The summed E-state index contributed by atoms with van der Waals surface area (Å²) in [5.41, 5.74) is 3.04. The quantitative estimate of drug-likeness (QED) is 0.858. The molecular weight excluding hydrogens is 300 g/mol. The van der Waals surface area contributed by atoms with Crippen molar-refractivity contribution in [2.45, 2.75) is 32.7 Å². The summed E-state index contributed by atoms with van der Waals surface area (Å²) in [6.45, 7) is 5.90. The number of H-pyrrole nitrogens is 1. The molecule has 0 spiro atoms. The largest absolute Gasteiger partial charge is 0.357 e. The fraction of sp³-hybridized carbons (Fsp3) is 0.474. The highest BCUT2D eigenvalue weighted by Gasteiger charge is 2.21. The zero-order valence-corrected chi connectivity index (χ0v) is 14.3. The van der Waals surface area contributed by atoms with Crippen LogP contribution >= 0.6 is 0 Å². The van der Waals surface area contributed by atoms with Crippen molar-refractivity contribution in [3.63, 3.8) is 0 Å². The van der Waals surface area contributed by atoms with Crippen molar-refractivity contribution in [3.05, 3.63) is 53.6 Å². The van der Waals surface area contributed by atoms with Gasteiger partial charge in [-0.3, -0.25) is 14.7 Å². The molecule has 1 saturated heterocycles. The minimum absolute atomic E-state index is 0.0195. The van der Waals surface area contributed by atoms with Gasteiger partial charge in [-0.1, -0.05) is 13.0 Å². The lowest BCUT2D eigenvalue weighted by Crippen LogP contribution is -2.40. The summed E-state index contributed by atoms with van der Waals surface area (Å²) >= 11 is 0. The number of likely N-dealkylation sites (tertiary alicyclic amines) is 1. The van der Waals surface area contributed by atoms with Crippen LogP contribution in [0.3, 0.4) is 0 Å². The van der Waals surface area contributed by atoms with Crippen LogP contribution in [0.15, 0.2) is 36.7 Å². The van der Waals surface area contributed by atoms with Crippen LogP contribution in [0.25, 0.3) is 0 Å². The van der Waals surface area contributed by atoms with Gasteiger partial charge in [0.15, 0.2) is 0 Å². The second-order valence-corrected chi connectivity index (χ2v) is 6.55. The molecule has 0 unspecified atom stereocenters. The Morgan fingerprint density at radius 1 is 1.42 bits per heavy atom. The first-order chi connectivity index (χ1) is 11.7. The molecule has 5 nitrogen and oxygen atoms in total. The summed E-state index contributed by atoms with van der Waals surface area (Å²) in [6.07, 6.45) is 7.13. The van der Waals surface area contributed by atoms with Crippen molar-refractivity contribution in [2.75, 3.05) is 19.6 Å². The Morgan fingerprint density at radius 2 is 2.33 bits per heavy atom. The number of rotatable bonds is 6. The zero-order chi connectivity index (χ0) is 16.8. The number of nitrogens with one attached hydrogen (secondary N) is 2. The third-order valence-corrected chi connectivity index (χ3v) is 4.68. The third kappa shape index (κ3) is 4.45. The Bertz CT molecular complexity index is 636. The van der Waals surface area contributed by atoms with Crippen LogP contribution < -0.4 is 5.32 Å². The van der Waals surface area contributed by atoms with E-state index in [9.17, 15) is 4.79 Å². The molecule has 0 saturated carbocycles. The van der Waals surface area contributed by atoms with E-state index in [1.54, 1.807) is 12.3 Å². The molecule has 1 aliphatic rings. The van der Waals surface area contributed by atoms with E-state index in [2.05, 4.69) is 39.2 Å². The number of carbonyl (C=O) groups is 1. The Hall–Kier alpha value is -2.14. The number of hydrogen-bond donors (Lipinski definition) is 2. The van der Waals surface area contributed by atoms with Gasteiger partial charge in [0.25, 0.3) is 5.91 Å². The van der Waals surface area contributed by atoms with Gasteiger partial charge in [0, 0.05) is 32.0 Å². The average molecular weight is 326 g/mol. The first-order valence-corrected chi connectivity index (χ1v) is 8.82. The monoisotopic (exact) mass is 326 g/mol. The Morgan fingerprint density at radius 3 is 3.04 bits per heavy atom. The standard InChI is InChI=1S/C19H26N4O/c1-2-15-7-8-17(21-11-15)14-23-10-4-5-16(13-23)12-22-19(24)18-6-3-9-20-18/h3,6-9,11,16,20H,2,4-5,10,12-14H2,1H3,(H,22,24)/t16-/m0/s1. The van der Waals surface area contributed by atoms with Crippen LogP contribution in [-0.4, -0.2) is 40.4 Å². The summed E-state index contributed by atoms with van der Waals surface area (Å²) < 4.78 is 0. The second kappa shape index (κ2) is 8.11. The van der Waals surface area contributed by atoms with Gasteiger partial charge in [0.1, 0.15) is 5.69 Å². The molecule has 2 N–H and O–H groups in total. The summed E-state index contributed by atoms with van der Waals surface area (Å²) in [5, 5.41) is 3.04. The van der Waals surface area contributed by atoms with Crippen LogP contribution in [0.1, 0.15) is 41.5 Å². The van der Waals surface area contributed by atoms with Crippen LogP contribution in [-0.2, 0) is 13.0 Å². The second-order valence-electron chi connectivity index (χ2n) is 6.55. The summed E-state index contributed by atoms with van der Waals surface area (Å²) in [4.78, 5) is 22.0. The molecule has 2 aromatic rings. The van der Waals surface area contributed by atoms with Gasteiger partial charge < -0.3 is 10.3 Å². The van der Waals surface area contributed by atoms with E-state index in [1.165, 1.54) is 18.4 Å². The predicted molar refractivity (Wildman–Crippen MR) is 94.7 cm³/mol. The number of hydrogen-bond acceptors (Lipinski definition) is 3. The number of nitrogens with zero attached hydrogens (tertiary/aromatic N) is 2. The predicted octanol–water partition coefficient (Wildman–Crippen LogP) is 2.61. The lowest BCUT2D eigenvalue weighted by atomic mass is 9.97. The van der Waals surface area contributed by atoms with Gasteiger partial charge in [-0.2, -0.15) is 0 Å². The SMILES string of the molecule is CCc1ccc(CN2CCC[C@@H](CNC(=O)c3ccc[nH]3)C2)nc1. The first kappa shape index (κ1) is 16.7. The fourth-order valence-corrected chi connectivity index (χ4v) is 3.25. The fourth-order valence-electron chi connectivity index (χ4n) is 3.25. The van der Waals surface area contributed by atoms with Gasteiger partial charge in [0.2, 0.25) is 0 Å². The van der Waals surface area contributed by atoms with E-state index in [1.807, 2.05) is 12.3 Å². The molecule has 0 bridgehead atoms. The van der Waals surface area contributed by atoms with E-state index in [0.717, 1.165) is 38.3 Å². The highest BCUT2D eigenvalue weighted by Crippen LogP contribution is 2.18. The average Bonchev–Trinajstić information content (AvgIpc) is 3.15. The lowest BCUT2D eigenvalue weighted by Gasteiger charge is -2.32. The summed E-state index contributed by atoms with van der Waals surface area (Å²) in [7, 11) is 0.